The quantitative estimate of drug-likeness (QED) is 0.484. The van der Waals surface area contributed by atoms with Gasteiger partial charge in [-0.3, -0.25) is 4.79 Å². The van der Waals surface area contributed by atoms with Gasteiger partial charge in [-0.15, -0.1) is 0 Å². The Labute approximate surface area is 192 Å². The van der Waals surface area contributed by atoms with Crippen molar-refractivity contribution in [1.82, 2.24) is 9.80 Å². The van der Waals surface area contributed by atoms with Crippen molar-refractivity contribution >= 4 is 29.0 Å². The number of nitrogens with zero attached hydrogens (tertiary/aromatic N) is 3. The number of amides is 1. The molecule has 162 valence electrons. The monoisotopic (exact) mass is 445 g/mol. The number of ether oxygens (including phenoxy) is 1. The first-order valence-corrected chi connectivity index (χ1v) is 11.2. The largest absolute Gasteiger partial charge is 0.454 e. The highest BCUT2D eigenvalue weighted by Crippen LogP contribution is 2.39. The molecule has 0 radical (unpaired) electrons. The zero-order chi connectivity index (χ0) is 22.2. The van der Waals surface area contributed by atoms with E-state index in [1.54, 1.807) is 12.1 Å². The highest BCUT2D eigenvalue weighted by molar-refractivity contribution is 6.31. The van der Waals surface area contributed by atoms with E-state index in [0.29, 0.717) is 30.2 Å². The lowest BCUT2D eigenvalue weighted by Crippen LogP contribution is -2.55. The van der Waals surface area contributed by atoms with Crippen LogP contribution in [0, 0.1) is 6.92 Å². The molecule has 1 atom stereocenters. The van der Waals surface area contributed by atoms with Gasteiger partial charge in [0.1, 0.15) is 17.3 Å². The van der Waals surface area contributed by atoms with Gasteiger partial charge in [0.05, 0.1) is 5.56 Å². The number of halogens is 1. The van der Waals surface area contributed by atoms with Gasteiger partial charge in [0, 0.05) is 36.3 Å². The molecule has 0 aromatic heterocycles. The minimum atomic E-state index is 0.00649. The Hall–Kier alpha value is -3.31. The van der Waals surface area contributed by atoms with Gasteiger partial charge in [0.15, 0.2) is 5.75 Å². The molecule has 5 nitrogen and oxygen atoms in total. The minimum Gasteiger partial charge on any atom is -0.454 e. The number of hydrogen-bond donors (Lipinski definition) is 0. The summed E-state index contributed by atoms with van der Waals surface area (Å²) >= 11 is 6.10. The van der Waals surface area contributed by atoms with E-state index in [1.165, 1.54) is 0 Å². The van der Waals surface area contributed by atoms with Gasteiger partial charge in [-0.2, -0.15) is 0 Å². The Morgan fingerprint density at radius 3 is 2.69 bits per heavy atom. The zero-order valence-corrected chi connectivity index (χ0v) is 18.8. The molecule has 3 aromatic carbocycles. The summed E-state index contributed by atoms with van der Waals surface area (Å²) in [4.78, 5) is 22.3. The van der Waals surface area contributed by atoms with Gasteiger partial charge in [0.2, 0.25) is 0 Å². The summed E-state index contributed by atoms with van der Waals surface area (Å²) in [6, 6.07) is 21.2. The van der Waals surface area contributed by atoms with E-state index >= 15 is 0 Å². The van der Waals surface area contributed by atoms with Gasteiger partial charge in [-0.25, -0.2) is 4.99 Å². The van der Waals surface area contributed by atoms with Crippen LogP contribution in [0.1, 0.15) is 28.4 Å². The first kappa shape index (κ1) is 20.6. The first-order valence-electron chi connectivity index (χ1n) is 10.8. The average molecular weight is 446 g/mol. The van der Waals surface area contributed by atoms with Crippen LogP contribution in [-0.2, 0) is 0 Å². The summed E-state index contributed by atoms with van der Waals surface area (Å²) in [5.41, 5.74) is 3.52. The SMILES string of the molecule is Cc1ccc2c(c1)Oc1ccccc1C(N1CCN(C(=O)c3cccc(Cl)c3)C(C)C1)=N2. The Balaban J connectivity index is 1.45. The van der Waals surface area contributed by atoms with Gasteiger partial charge < -0.3 is 14.5 Å². The molecule has 5 rings (SSSR count). The highest BCUT2D eigenvalue weighted by atomic mass is 35.5. The number of para-hydroxylation sites is 1. The van der Waals surface area contributed by atoms with E-state index < -0.39 is 0 Å². The molecule has 1 unspecified atom stereocenters. The molecule has 32 heavy (non-hydrogen) atoms. The molecule has 2 heterocycles. The van der Waals surface area contributed by atoms with Gasteiger partial charge in [0.25, 0.3) is 5.91 Å². The molecule has 2 aliphatic heterocycles. The second-order valence-electron chi connectivity index (χ2n) is 8.31. The summed E-state index contributed by atoms with van der Waals surface area (Å²) < 4.78 is 6.24. The van der Waals surface area contributed by atoms with Gasteiger partial charge >= 0.3 is 0 Å². The van der Waals surface area contributed by atoms with Crippen LogP contribution < -0.4 is 4.74 Å². The van der Waals surface area contributed by atoms with E-state index in [-0.39, 0.29) is 11.9 Å². The molecular formula is C26H24ClN3O2. The van der Waals surface area contributed by atoms with Crippen molar-refractivity contribution in [2.24, 2.45) is 4.99 Å². The molecule has 1 amide bonds. The average Bonchev–Trinajstić information content (AvgIpc) is 2.95. The smallest absolute Gasteiger partial charge is 0.254 e. The van der Waals surface area contributed by atoms with Crippen LogP contribution in [0.4, 0.5) is 5.69 Å². The van der Waals surface area contributed by atoms with Crippen LogP contribution in [0.5, 0.6) is 11.5 Å². The second kappa shape index (κ2) is 8.32. The van der Waals surface area contributed by atoms with Crippen LogP contribution in [0.25, 0.3) is 0 Å². The topological polar surface area (TPSA) is 45.1 Å². The molecule has 1 saturated heterocycles. The number of hydrogen-bond acceptors (Lipinski definition) is 4. The molecule has 0 aliphatic carbocycles. The van der Waals surface area contributed by atoms with E-state index in [1.807, 2.05) is 66.4 Å². The molecule has 6 heteroatoms. The third-order valence-corrected chi connectivity index (χ3v) is 6.18. The van der Waals surface area contributed by atoms with Crippen LogP contribution in [0.3, 0.4) is 0 Å². The summed E-state index contributed by atoms with van der Waals surface area (Å²) in [5.74, 6) is 2.44. The lowest BCUT2D eigenvalue weighted by Gasteiger charge is -2.41. The van der Waals surface area contributed by atoms with E-state index in [9.17, 15) is 4.79 Å². The maximum atomic E-state index is 13.1. The Morgan fingerprint density at radius 2 is 1.88 bits per heavy atom. The molecule has 3 aromatic rings. The predicted molar refractivity (Wildman–Crippen MR) is 127 cm³/mol. The lowest BCUT2D eigenvalue weighted by atomic mass is 10.1. The molecule has 2 aliphatic rings. The zero-order valence-electron chi connectivity index (χ0n) is 18.1. The number of piperazine rings is 1. The molecule has 0 saturated carbocycles. The standard InChI is InChI=1S/C26H24ClN3O2/c1-17-10-11-22-24(14-17)32-23-9-4-3-8-21(23)25(28-22)29-12-13-30(18(2)16-29)26(31)19-6-5-7-20(27)15-19/h3-11,14-15,18H,12-13,16H2,1-2H3. The Bertz CT molecular complexity index is 1220. The predicted octanol–water partition coefficient (Wildman–Crippen LogP) is 5.68. The van der Waals surface area contributed by atoms with Crippen molar-refractivity contribution in [2.75, 3.05) is 19.6 Å². The maximum Gasteiger partial charge on any atom is 0.254 e. The molecule has 0 N–H and O–H groups in total. The fourth-order valence-electron chi connectivity index (χ4n) is 4.31. The summed E-state index contributed by atoms with van der Waals surface area (Å²) in [7, 11) is 0. The number of aliphatic imine (C=N–C) groups is 1. The highest BCUT2D eigenvalue weighted by Gasteiger charge is 2.32. The van der Waals surface area contributed by atoms with Crippen molar-refractivity contribution in [3.05, 3.63) is 88.4 Å². The summed E-state index contributed by atoms with van der Waals surface area (Å²) in [6.07, 6.45) is 0. The molecule has 1 fully saturated rings. The molecular weight excluding hydrogens is 422 g/mol. The van der Waals surface area contributed by atoms with Crippen molar-refractivity contribution in [2.45, 2.75) is 19.9 Å². The number of rotatable bonds is 1. The van der Waals surface area contributed by atoms with Crippen LogP contribution in [-0.4, -0.2) is 47.2 Å². The maximum absolute atomic E-state index is 13.1. The van der Waals surface area contributed by atoms with E-state index in [2.05, 4.69) is 11.8 Å². The van der Waals surface area contributed by atoms with Crippen molar-refractivity contribution < 1.29 is 9.53 Å². The van der Waals surface area contributed by atoms with Gasteiger partial charge in [-0.05, 0) is 61.9 Å². The third kappa shape index (κ3) is 3.84. The first-order chi connectivity index (χ1) is 15.5. The number of amidine groups is 1. The number of benzene rings is 3. The molecule has 0 spiro atoms. The van der Waals surface area contributed by atoms with Crippen LogP contribution >= 0.6 is 11.6 Å². The fourth-order valence-corrected chi connectivity index (χ4v) is 4.50. The summed E-state index contributed by atoms with van der Waals surface area (Å²) in [6.45, 7) is 6.09. The van der Waals surface area contributed by atoms with Gasteiger partial charge in [-0.1, -0.05) is 35.9 Å². The molecule has 0 bridgehead atoms. The normalized spacial score (nSPS) is 17.6. The van der Waals surface area contributed by atoms with E-state index in [4.69, 9.17) is 21.3 Å². The number of carbonyl (C=O) groups is 1. The Kier molecular flexibility index (Phi) is 5.35. The number of aryl methyl sites for hydroxylation is 1. The third-order valence-electron chi connectivity index (χ3n) is 5.95. The van der Waals surface area contributed by atoms with E-state index in [0.717, 1.165) is 34.1 Å². The fraction of sp³-hybridized carbons (Fsp3) is 0.231. The van der Waals surface area contributed by atoms with Crippen molar-refractivity contribution in [3.63, 3.8) is 0 Å². The van der Waals surface area contributed by atoms with Crippen molar-refractivity contribution in [1.29, 1.82) is 0 Å². The summed E-state index contributed by atoms with van der Waals surface area (Å²) in [5, 5.41) is 0.570. The minimum absolute atomic E-state index is 0.00649. The number of fused-ring (bicyclic) bond motifs is 2. The van der Waals surface area contributed by atoms with Crippen LogP contribution in [0.2, 0.25) is 5.02 Å². The van der Waals surface area contributed by atoms with Crippen LogP contribution in [0.15, 0.2) is 71.7 Å². The second-order valence-corrected chi connectivity index (χ2v) is 8.75. The number of carbonyl (C=O) groups excluding carboxylic acids is 1. The lowest BCUT2D eigenvalue weighted by molar-refractivity contribution is 0.0581. The Morgan fingerprint density at radius 1 is 1.03 bits per heavy atom. The van der Waals surface area contributed by atoms with Crippen molar-refractivity contribution in [3.8, 4) is 11.5 Å².